The number of hydrogen-bond acceptors (Lipinski definition) is 6. The monoisotopic (exact) mass is 483 g/mol. The average Bonchev–Trinajstić information content (AvgIpc) is 3.29. The number of carboxylic acid groups (broad SMARTS) is 1. The Hall–Kier alpha value is -4.01. The molecule has 1 aromatic rings. The molecule has 0 fully saturated rings. The van der Waals surface area contributed by atoms with Crippen molar-refractivity contribution in [2.75, 3.05) is 0 Å². The fraction of sp³-hybridized carbons (Fsp3) is 0.346. The van der Waals surface area contributed by atoms with E-state index in [0.29, 0.717) is 11.5 Å². The lowest BCUT2D eigenvalue weighted by Gasteiger charge is -2.16. The van der Waals surface area contributed by atoms with Crippen LogP contribution in [0.5, 0.6) is 0 Å². The summed E-state index contributed by atoms with van der Waals surface area (Å²) in [4.78, 5) is 46.5. The van der Waals surface area contributed by atoms with Gasteiger partial charge in [-0.2, -0.15) is 0 Å². The van der Waals surface area contributed by atoms with Crippen LogP contribution >= 0.6 is 0 Å². The Labute approximate surface area is 205 Å². The second kappa shape index (κ2) is 16.6. The molecule has 0 saturated carbocycles. The van der Waals surface area contributed by atoms with Crippen LogP contribution < -0.4 is 11.1 Å². The van der Waals surface area contributed by atoms with Gasteiger partial charge in [0.15, 0.2) is 5.78 Å². The molecule has 188 valence electrons. The Morgan fingerprint density at radius 1 is 1.14 bits per heavy atom. The molecule has 1 atom stereocenters. The summed E-state index contributed by atoms with van der Waals surface area (Å²) in [5.41, 5.74) is 6.56. The van der Waals surface area contributed by atoms with Gasteiger partial charge in [-0.25, -0.2) is 0 Å². The average molecular weight is 484 g/mol. The standard InChI is InChI=1S/C26H33N3O6/c1-3-5-6-7-8-9-10-11-19(4-2)22-18-20(35-29-22)12-16-25(32)28-21(13-17-26(33)34)23(30)14-15-24(27)31/h3-8,10-11,18,21H,1,9,12-17H2,2H3,(H2,27,31)(H,28,32)(H,33,34)/b6-5-,8-7+,11-10-,19-4+/t21-/m0/s1. The van der Waals surface area contributed by atoms with Gasteiger partial charge in [-0.05, 0) is 25.3 Å². The van der Waals surface area contributed by atoms with Gasteiger partial charge in [0.1, 0.15) is 11.5 Å². The molecule has 1 heterocycles. The predicted octanol–water partition coefficient (Wildman–Crippen LogP) is 3.44. The van der Waals surface area contributed by atoms with E-state index in [0.717, 1.165) is 12.0 Å². The molecule has 9 nitrogen and oxygen atoms in total. The van der Waals surface area contributed by atoms with Gasteiger partial charge in [-0.15, -0.1) is 0 Å². The van der Waals surface area contributed by atoms with E-state index in [1.54, 1.807) is 12.1 Å². The van der Waals surface area contributed by atoms with Crippen LogP contribution in [-0.2, 0) is 25.6 Å². The molecule has 0 unspecified atom stereocenters. The van der Waals surface area contributed by atoms with Crippen molar-refractivity contribution in [1.29, 1.82) is 0 Å². The first-order chi connectivity index (χ1) is 16.8. The van der Waals surface area contributed by atoms with Crippen molar-refractivity contribution >= 4 is 29.1 Å². The van der Waals surface area contributed by atoms with Gasteiger partial charge in [0.05, 0.1) is 6.04 Å². The Morgan fingerprint density at radius 3 is 2.57 bits per heavy atom. The Bertz CT molecular complexity index is 1000. The van der Waals surface area contributed by atoms with Crippen LogP contribution in [0.2, 0.25) is 0 Å². The highest BCUT2D eigenvalue weighted by atomic mass is 16.5. The molecule has 0 radical (unpaired) electrons. The molecule has 9 heteroatoms. The van der Waals surface area contributed by atoms with E-state index in [9.17, 15) is 19.2 Å². The third-order valence-corrected chi connectivity index (χ3v) is 4.82. The number of aliphatic carboxylic acids is 1. The second-order valence-electron chi connectivity index (χ2n) is 7.59. The third-order valence-electron chi connectivity index (χ3n) is 4.82. The zero-order chi connectivity index (χ0) is 26.1. The van der Waals surface area contributed by atoms with Crippen molar-refractivity contribution in [2.45, 2.75) is 57.9 Å². The summed E-state index contributed by atoms with van der Waals surface area (Å²) in [6.07, 6.45) is 15.5. The first-order valence-electron chi connectivity index (χ1n) is 11.3. The quantitative estimate of drug-likeness (QED) is 0.287. The van der Waals surface area contributed by atoms with Gasteiger partial charge in [0.2, 0.25) is 11.8 Å². The molecule has 0 aromatic carbocycles. The van der Waals surface area contributed by atoms with Crippen LogP contribution in [0.4, 0.5) is 0 Å². The van der Waals surface area contributed by atoms with Crippen molar-refractivity contribution < 1.29 is 28.8 Å². The number of carbonyl (C=O) groups is 4. The molecular weight excluding hydrogens is 450 g/mol. The SMILES string of the molecule is C=C/C=C\C=C\C/C=C\C(=C/C)c1cc(CCC(=O)N[C@@H](CCC(=O)O)C(=O)CCC(N)=O)on1. The molecule has 35 heavy (non-hydrogen) atoms. The lowest BCUT2D eigenvalue weighted by Crippen LogP contribution is -2.41. The number of hydrogen-bond donors (Lipinski definition) is 3. The van der Waals surface area contributed by atoms with Crippen molar-refractivity contribution in [2.24, 2.45) is 5.73 Å². The number of Topliss-reactive ketones (excluding diaryl/α,β-unsaturated/α-hetero) is 1. The highest BCUT2D eigenvalue weighted by Gasteiger charge is 2.22. The maximum absolute atomic E-state index is 12.4. The molecule has 0 aliphatic rings. The van der Waals surface area contributed by atoms with Gasteiger partial charge < -0.3 is 20.7 Å². The lowest BCUT2D eigenvalue weighted by molar-refractivity contribution is -0.138. The Morgan fingerprint density at radius 2 is 1.91 bits per heavy atom. The van der Waals surface area contributed by atoms with E-state index in [1.807, 2.05) is 49.5 Å². The van der Waals surface area contributed by atoms with Gasteiger partial charge in [0, 0.05) is 38.2 Å². The van der Waals surface area contributed by atoms with E-state index in [4.69, 9.17) is 15.4 Å². The molecule has 0 bridgehead atoms. The summed E-state index contributed by atoms with van der Waals surface area (Å²) in [7, 11) is 0. The normalized spacial score (nSPS) is 12.9. The zero-order valence-corrected chi connectivity index (χ0v) is 19.9. The minimum atomic E-state index is -1.09. The summed E-state index contributed by atoms with van der Waals surface area (Å²) in [5.74, 6) is -2.10. The number of nitrogens with two attached hydrogens (primary N) is 1. The van der Waals surface area contributed by atoms with E-state index in [2.05, 4.69) is 17.1 Å². The van der Waals surface area contributed by atoms with Crippen LogP contribution in [0.25, 0.3) is 5.57 Å². The summed E-state index contributed by atoms with van der Waals surface area (Å²) < 4.78 is 5.33. The smallest absolute Gasteiger partial charge is 0.303 e. The first kappa shape index (κ1) is 29.0. The van der Waals surface area contributed by atoms with Crippen LogP contribution in [-0.4, -0.2) is 39.9 Å². The molecule has 1 rings (SSSR count). The van der Waals surface area contributed by atoms with Crippen LogP contribution in [0.1, 0.15) is 56.9 Å². The van der Waals surface area contributed by atoms with E-state index >= 15 is 0 Å². The molecular formula is C26H33N3O6. The summed E-state index contributed by atoms with van der Waals surface area (Å²) >= 11 is 0. The number of allylic oxidation sites excluding steroid dienone is 9. The minimum absolute atomic E-state index is 0.0192. The third kappa shape index (κ3) is 12.7. The number of nitrogens with one attached hydrogen (secondary N) is 1. The lowest BCUT2D eigenvalue weighted by atomic mass is 10.0. The summed E-state index contributed by atoms with van der Waals surface area (Å²) in [6.45, 7) is 5.49. The summed E-state index contributed by atoms with van der Waals surface area (Å²) in [5, 5.41) is 15.5. The second-order valence-corrected chi connectivity index (χ2v) is 7.59. The molecule has 0 saturated heterocycles. The highest BCUT2D eigenvalue weighted by molar-refractivity contribution is 5.91. The Kier molecular flexibility index (Phi) is 13.7. The topological polar surface area (TPSA) is 153 Å². The maximum Gasteiger partial charge on any atom is 0.303 e. The number of primary amides is 1. The number of nitrogens with zero attached hydrogens (tertiary/aromatic N) is 1. The number of carbonyl (C=O) groups excluding carboxylic acids is 3. The Balaban J connectivity index is 2.64. The van der Waals surface area contributed by atoms with Crippen molar-refractivity contribution in [3.05, 3.63) is 72.7 Å². The molecule has 0 aliphatic carbocycles. The number of aryl methyl sites for hydroxylation is 1. The van der Waals surface area contributed by atoms with Crippen molar-refractivity contribution in [1.82, 2.24) is 10.5 Å². The maximum atomic E-state index is 12.4. The number of ketones is 1. The van der Waals surface area contributed by atoms with Gasteiger partial charge >= 0.3 is 5.97 Å². The number of rotatable bonds is 17. The minimum Gasteiger partial charge on any atom is -0.481 e. The van der Waals surface area contributed by atoms with Gasteiger partial charge in [-0.1, -0.05) is 60.3 Å². The number of amides is 2. The predicted molar refractivity (Wildman–Crippen MR) is 133 cm³/mol. The van der Waals surface area contributed by atoms with Gasteiger partial charge in [-0.3, -0.25) is 19.2 Å². The first-order valence-corrected chi connectivity index (χ1v) is 11.3. The highest BCUT2D eigenvalue weighted by Crippen LogP contribution is 2.17. The van der Waals surface area contributed by atoms with E-state index < -0.39 is 29.6 Å². The number of carboxylic acids is 1. The van der Waals surface area contributed by atoms with Crippen molar-refractivity contribution in [3.63, 3.8) is 0 Å². The molecule has 0 spiro atoms. The zero-order valence-electron chi connectivity index (χ0n) is 19.9. The summed E-state index contributed by atoms with van der Waals surface area (Å²) in [6, 6.07) is 0.750. The fourth-order valence-electron chi connectivity index (χ4n) is 2.98. The largest absolute Gasteiger partial charge is 0.481 e. The fourth-order valence-corrected chi connectivity index (χ4v) is 2.98. The number of aromatic nitrogens is 1. The van der Waals surface area contributed by atoms with Crippen LogP contribution in [0.3, 0.4) is 0 Å². The van der Waals surface area contributed by atoms with Crippen LogP contribution in [0, 0.1) is 0 Å². The molecule has 0 aliphatic heterocycles. The van der Waals surface area contributed by atoms with Gasteiger partial charge in [0.25, 0.3) is 0 Å². The molecule has 1 aromatic heterocycles. The van der Waals surface area contributed by atoms with Crippen LogP contribution in [0.15, 0.2) is 65.8 Å². The molecule has 4 N–H and O–H groups in total. The van der Waals surface area contributed by atoms with E-state index in [-0.39, 0.29) is 38.5 Å². The van der Waals surface area contributed by atoms with Crippen molar-refractivity contribution in [3.8, 4) is 0 Å². The van der Waals surface area contributed by atoms with E-state index in [1.165, 1.54) is 0 Å². The molecule has 2 amide bonds.